The minimum Gasteiger partial charge on any atom is -0.480 e. The van der Waals surface area contributed by atoms with Crippen LogP contribution in [0, 0.1) is 11.8 Å². The Bertz CT molecular complexity index is 587. The third kappa shape index (κ3) is 8.81. The highest BCUT2D eigenvalue weighted by Gasteiger charge is 2.31. The summed E-state index contributed by atoms with van der Waals surface area (Å²) in [6, 6.07) is -3.00. The lowest BCUT2D eigenvalue weighted by molar-refractivity contribution is -0.142. The zero-order valence-electron chi connectivity index (χ0n) is 18.1. The summed E-state index contributed by atoms with van der Waals surface area (Å²) >= 11 is 0. The molecule has 1 heterocycles. The molecule has 1 aliphatic heterocycles. The van der Waals surface area contributed by atoms with E-state index in [9.17, 15) is 19.2 Å². The maximum atomic E-state index is 12.9. The molecule has 0 radical (unpaired) electrons. The number of nitrogens with one attached hydrogen (secondary N) is 4. The van der Waals surface area contributed by atoms with Crippen LogP contribution >= 0.6 is 0 Å². The Labute approximate surface area is 172 Å². The highest BCUT2D eigenvalue weighted by Crippen LogP contribution is 2.11. The van der Waals surface area contributed by atoms with E-state index in [-0.39, 0.29) is 23.8 Å². The Balaban J connectivity index is 2.85. The van der Waals surface area contributed by atoms with Crippen LogP contribution in [0.5, 0.6) is 0 Å². The number of carboxylic acid groups (broad SMARTS) is 1. The van der Waals surface area contributed by atoms with E-state index in [2.05, 4.69) is 21.3 Å². The van der Waals surface area contributed by atoms with Gasteiger partial charge in [0.2, 0.25) is 17.7 Å². The first-order valence-electron chi connectivity index (χ1n) is 10.4. The van der Waals surface area contributed by atoms with E-state index in [1.165, 1.54) is 6.92 Å². The van der Waals surface area contributed by atoms with Crippen LogP contribution in [0.2, 0.25) is 0 Å². The third-order valence-electron chi connectivity index (χ3n) is 4.79. The first-order chi connectivity index (χ1) is 13.5. The molecule has 9 nitrogen and oxygen atoms in total. The number of amides is 3. The van der Waals surface area contributed by atoms with Crippen LogP contribution < -0.4 is 21.3 Å². The van der Waals surface area contributed by atoms with E-state index in [0.717, 1.165) is 19.4 Å². The molecule has 0 aromatic rings. The van der Waals surface area contributed by atoms with Gasteiger partial charge < -0.3 is 26.4 Å². The number of hydrogen-bond donors (Lipinski definition) is 5. The van der Waals surface area contributed by atoms with E-state index >= 15 is 0 Å². The molecule has 1 saturated heterocycles. The summed E-state index contributed by atoms with van der Waals surface area (Å²) < 4.78 is 0. The van der Waals surface area contributed by atoms with Gasteiger partial charge in [-0.3, -0.25) is 19.2 Å². The van der Waals surface area contributed by atoms with Crippen molar-refractivity contribution in [3.8, 4) is 0 Å². The van der Waals surface area contributed by atoms with E-state index in [1.807, 2.05) is 27.7 Å². The predicted octanol–water partition coefficient (Wildman–Crippen LogP) is 0.390. The number of carbonyl (C=O) groups is 4. The summed E-state index contributed by atoms with van der Waals surface area (Å²) in [6.45, 7) is 9.86. The molecule has 5 N–H and O–H groups in total. The third-order valence-corrected chi connectivity index (χ3v) is 4.79. The van der Waals surface area contributed by atoms with Gasteiger partial charge in [0.05, 0.1) is 6.04 Å². The van der Waals surface area contributed by atoms with E-state index in [1.54, 1.807) is 0 Å². The molecule has 0 aromatic heterocycles. The average molecular weight is 413 g/mol. The molecule has 4 atom stereocenters. The van der Waals surface area contributed by atoms with Crippen LogP contribution in [0.15, 0.2) is 0 Å². The summed E-state index contributed by atoms with van der Waals surface area (Å²) in [5.41, 5.74) is 0. The minimum atomic E-state index is -1.15. The van der Waals surface area contributed by atoms with Gasteiger partial charge in [-0.2, -0.15) is 0 Å². The van der Waals surface area contributed by atoms with Gasteiger partial charge in [0.15, 0.2) is 0 Å². The normalized spacial score (nSPS) is 19.5. The molecule has 4 unspecified atom stereocenters. The fourth-order valence-electron chi connectivity index (χ4n) is 3.23. The van der Waals surface area contributed by atoms with Crippen LogP contribution in [-0.4, -0.2) is 59.5 Å². The molecule has 166 valence electrons. The average Bonchev–Trinajstić information content (AvgIpc) is 3.14. The Morgan fingerprint density at radius 2 is 1.41 bits per heavy atom. The van der Waals surface area contributed by atoms with Crippen LogP contribution in [0.4, 0.5) is 0 Å². The summed E-state index contributed by atoms with van der Waals surface area (Å²) in [6.07, 6.45) is 2.44. The van der Waals surface area contributed by atoms with E-state index < -0.39 is 35.9 Å². The van der Waals surface area contributed by atoms with Gasteiger partial charge in [0.25, 0.3) is 0 Å². The molecule has 0 bridgehead atoms. The van der Waals surface area contributed by atoms with Gasteiger partial charge in [-0.1, -0.05) is 27.7 Å². The topological polar surface area (TPSA) is 137 Å². The quantitative estimate of drug-likeness (QED) is 0.333. The Morgan fingerprint density at radius 1 is 0.897 bits per heavy atom. The smallest absolute Gasteiger partial charge is 0.325 e. The molecule has 1 fully saturated rings. The predicted molar refractivity (Wildman–Crippen MR) is 109 cm³/mol. The van der Waals surface area contributed by atoms with Gasteiger partial charge in [0, 0.05) is 0 Å². The summed E-state index contributed by atoms with van der Waals surface area (Å²) in [7, 11) is 0. The maximum Gasteiger partial charge on any atom is 0.325 e. The van der Waals surface area contributed by atoms with Crippen molar-refractivity contribution in [3.63, 3.8) is 0 Å². The number of carboxylic acids is 1. The van der Waals surface area contributed by atoms with Crippen molar-refractivity contribution < 1.29 is 24.3 Å². The van der Waals surface area contributed by atoms with Crippen molar-refractivity contribution in [3.05, 3.63) is 0 Å². The van der Waals surface area contributed by atoms with Crippen molar-refractivity contribution in [2.75, 3.05) is 6.54 Å². The highest BCUT2D eigenvalue weighted by atomic mass is 16.4. The molecular formula is C20H36N4O5. The molecule has 3 amide bonds. The zero-order chi connectivity index (χ0) is 22.1. The molecule has 0 aliphatic carbocycles. The lowest BCUT2D eigenvalue weighted by atomic mass is 9.99. The largest absolute Gasteiger partial charge is 0.480 e. The Morgan fingerprint density at radius 3 is 1.86 bits per heavy atom. The molecule has 0 saturated carbocycles. The van der Waals surface area contributed by atoms with Gasteiger partial charge in [0.1, 0.15) is 18.1 Å². The van der Waals surface area contributed by atoms with Gasteiger partial charge >= 0.3 is 5.97 Å². The number of rotatable bonds is 11. The first kappa shape index (κ1) is 24.9. The number of aliphatic carboxylic acids is 1. The van der Waals surface area contributed by atoms with Crippen molar-refractivity contribution in [2.24, 2.45) is 11.8 Å². The molecule has 29 heavy (non-hydrogen) atoms. The molecule has 0 aromatic carbocycles. The molecule has 9 heteroatoms. The lowest BCUT2D eigenvalue weighted by Gasteiger charge is -2.26. The second-order valence-corrected chi connectivity index (χ2v) is 8.60. The summed E-state index contributed by atoms with van der Waals surface area (Å²) in [4.78, 5) is 48.9. The van der Waals surface area contributed by atoms with Gasteiger partial charge in [-0.25, -0.2) is 0 Å². The molecule has 1 rings (SSSR count). The fraction of sp³-hybridized carbons (Fsp3) is 0.800. The number of hydrogen-bond acceptors (Lipinski definition) is 5. The first-order valence-corrected chi connectivity index (χ1v) is 10.4. The molecule has 1 aliphatic rings. The number of carbonyl (C=O) groups excluding carboxylic acids is 3. The Hall–Kier alpha value is -2.16. The van der Waals surface area contributed by atoms with Gasteiger partial charge in [-0.15, -0.1) is 0 Å². The summed E-state index contributed by atoms with van der Waals surface area (Å²) in [5, 5.41) is 20.0. The van der Waals surface area contributed by atoms with Crippen molar-refractivity contribution in [1.82, 2.24) is 21.3 Å². The highest BCUT2D eigenvalue weighted by molar-refractivity contribution is 5.94. The monoisotopic (exact) mass is 412 g/mol. The minimum absolute atomic E-state index is 0.104. The SMILES string of the molecule is CC(C)CC(NC(=O)C(CC(C)C)NC(=O)C1CCCN1)C(=O)NC(C)C(=O)O. The van der Waals surface area contributed by atoms with E-state index in [0.29, 0.717) is 12.8 Å². The van der Waals surface area contributed by atoms with Crippen LogP contribution in [0.3, 0.4) is 0 Å². The summed E-state index contributed by atoms with van der Waals surface area (Å²) in [5.74, 6) is -2.09. The molecular weight excluding hydrogens is 376 g/mol. The lowest BCUT2D eigenvalue weighted by Crippen LogP contribution is -2.57. The molecule has 0 spiro atoms. The second-order valence-electron chi connectivity index (χ2n) is 8.60. The van der Waals surface area contributed by atoms with Crippen LogP contribution in [-0.2, 0) is 19.2 Å². The van der Waals surface area contributed by atoms with Crippen molar-refractivity contribution >= 4 is 23.7 Å². The second kappa shape index (κ2) is 11.7. The fourth-order valence-corrected chi connectivity index (χ4v) is 3.23. The van der Waals surface area contributed by atoms with Crippen LogP contribution in [0.25, 0.3) is 0 Å². The Kier molecular flexibility index (Phi) is 10.1. The van der Waals surface area contributed by atoms with Crippen molar-refractivity contribution in [2.45, 2.75) is 84.5 Å². The maximum absolute atomic E-state index is 12.9. The zero-order valence-corrected chi connectivity index (χ0v) is 18.1. The van der Waals surface area contributed by atoms with Gasteiger partial charge in [-0.05, 0) is 51.0 Å². The standard InChI is InChI=1S/C20H36N4O5/c1-11(2)9-15(18(26)22-13(5)20(28)29)24-19(27)16(10-12(3)4)23-17(25)14-7-6-8-21-14/h11-16,21H,6-10H2,1-5H3,(H,22,26)(H,23,25)(H,24,27)(H,28,29). The van der Waals surface area contributed by atoms with Crippen molar-refractivity contribution in [1.29, 1.82) is 0 Å². The van der Waals surface area contributed by atoms with Crippen LogP contribution in [0.1, 0.15) is 60.3 Å². The van der Waals surface area contributed by atoms with E-state index in [4.69, 9.17) is 5.11 Å².